The van der Waals surface area contributed by atoms with Crippen molar-refractivity contribution >= 4 is 11.9 Å². The van der Waals surface area contributed by atoms with Gasteiger partial charge in [0.2, 0.25) is 5.91 Å². The van der Waals surface area contributed by atoms with Crippen molar-refractivity contribution in [2.75, 3.05) is 26.2 Å². The summed E-state index contributed by atoms with van der Waals surface area (Å²) in [6.07, 6.45) is 7.55. The Bertz CT molecular complexity index is 359. The van der Waals surface area contributed by atoms with E-state index in [0.717, 1.165) is 0 Å². The van der Waals surface area contributed by atoms with Gasteiger partial charge in [0.25, 0.3) is 0 Å². The molecule has 2 fully saturated rings. The number of hydrogen-bond donors (Lipinski definition) is 1. The van der Waals surface area contributed by atoms with Crippen molar-refractivity contribution in [3.8, 4) is 0 Å². The summed E-state index contributed by atoms with van der Waals surface area (Å²) in [6, 6.07) is -0.402. The van der Waals surface area contributed by atoms with Crippen molar-refractivity contribution in [2.24, 2.45) is 5.92 Å². The Kier molecular flexibility index (Phi) is 6.03. The van der Waals surface area contributed by atoms with Crippen molar-refractivity contribution in [3.05, 3.63) is 0 Å². The lowest BCUT2D eigenvalue weighted by Gasteiger charge is -2.38. The zero-order valence-corrected chi connectivity index (χ0v) is 13.1. The predicted octanol–water partition coefficient (Wildman–Crippen LogP) is 1.96. The molecule has 0 aromatic heterocycles. The molecule has 1 saturated heterocycles. The Morgan fingerprint density at radius 2 is 1.71 bits per heavy atom. The van der Waals surface area contributed by atoms with E-state index < -0.39 is 12.0 Å². The van der Waals surface area contributed by atoms with E-state index in [-0.39, 0.29) is 5.91 Å². The first-order valence-corrected chi connectivity index (χ1v) is 8.36. The van der Waals surface area contributed by atoms with Crippen molar-refractivity contribution in [2.45, 2.75) is 57.9 Å². The summed E-state index contributed by atoms with van der Waals surface area (Å²) in [7, 11) is 0. The Balaban J connectivity index is 1.77. The first-order chi connectivity index (χ1) is 10.1. The number of amides is 1. The van der Waals surface area contributed by atoms with Gasteiger partial charge in [0.05, 0.1) is 0 Å². The second kappa shape index (κ2) is 7.78. The number of carboxylic acid groups (broad SMARTS) is 1. The smallest absolute Gasteiger partial charge is 0.320 e. The van der Waals surface area contributed by atoms with Gasteiger partial charge in [0, 0.05) is 32.6 Å². The fourth-order valence-electron chi connectivity index (χ4n) is 3.64. The van der Waals surface area contributed by atoms with Crippen LogP contribution in [-0.2, 0) is 9.59 Å². The summed E-state index contributed by atoms with van der Waals surface area (Å²) in [5.41, 5.74) is 0. The van der Waals surface area contributed by atoms with Crippen LogP contribution in [0.1, 0.15) is 51.9 Å². The molecule has 0 radical (unpaired) electrons. The monoisotopic (exact) mass is 296 g/mol. The second-order valence-electron chi connectivity index (χ2n) is 6.39. The molecule has 1 aliphatic heterocycles. The Hall–Kier alpha value is -1.10. The number of carboxylic acids is 1. The summed E-state index contributed by atoms with van der Waals surface area (Å²) in [6.45, 7) is 4.62. The molecule has 2 aliphatic rings. The maximum Gasteiger partial charge on any atom is 0.320 e. The highest BCUT2D eigenvalue weighted by molar-refractivity contribution is 5.77. The lowest BCUT2D eigenvalue weighted by atomic mass is 9.86. The first-order valence-electron chi connectivity index (χ1n) is 8.36. The highest BCUT2D eigenvalue weighted by Crippen LogP contribution is 2.27. The molecule has 21 heavy (non-hydrogen) atoms. The Morgan fingerprint density at radius 3 is 2.24 bits per heavy atom. The summed E-state index contributed by atoms with van der Waals surface area (Å²) in [4.78, 5) is 27.4. The average Bonchev–Trinajstić information content (AvgIpc) is 2.49. The van der Waals surface area contributed by atoms with Gasteiger partial charge in [-0.3, -0.25) is 14.5 Å². The topological polar surface area (TPSA) is 60.9 Å². The van der Waals surface area contributed by atoms with Crippen molar-refractivity contribution in [1.29, 1.82) is 0 Å². The van der Waals surface area contributed by atoms with Gasteiger partial charge in [-0.05, 0) is 25.2 Å². The van der Waals surface area contributed by atoms with Crippen molar-refractivity contribution < 1.29 is 14.7 Å². The number of aliphatic carboxylic acids is 1. The van der Waals surface area contributed by atoms with Crippen LogP contribution in [0.4, 0.5) is 0 Å². The maximum absolute atomic E-state index is 12.3. The van der Waals surface area contributed by atoms with E-state index in [1.54, 1.807) is 0 Å². The molecule has 0 aromatic carbocycles. The van der Waals surface area contributed by atoms with Crippen LogP contribution in [0.5, 0.6) is 0 Å². The van der Waals surface area contributed by atoms with Gasteiger partial charge >= 0.3 is 5.97 Å². The number of rotatable bonds is 5. The van der Waals surface area contributed by atoms with Crippen LogP contribution in [0.15, 0.2) is 0 Å². The van der Waals surface area contributed by atoms with E-state index in [0.29, 0.717) is 44.9 Å². The lowest BCUT2D eigenvalue weighted by molar-refractivity contribution is -0.145. The van der Waals surface area contributed by atoms with Crippen molar-refractivity contribution in [1.82, 2.24) is 9.80 Å². The summed E-state index contributed by atoms with van der Waals surface area (Å²) >= 11 is 0. The fourth-order valence-corrected chi connectivity index (χ4v) is 3.64. The standard InChI is InChI=1S/C16H28N2O3/c1-2-14(16(20)21)17-8-10-18(11-9-17)15(19)12-13-6-4-3-5-7-13/h13-14H,2-12H2,1H3,(H,20,21)/t14-/m1/s1. The highest BCUT2D eigenvalue weighted by atomic mass is 16.4. The van der Waals surface area contributed by atoms with Crippen LogP contribution in [0.25, 0.3) is 0 Å². The predicted molar refractivity (Wildman–Crippen MR) is 81.1 cm³/mol. The third kappa shape index (κ3) is 4.43. The molecule has 0 spiro atoms. The second-order valence-corrected chi connectivity index (χ2v) is 6.39. The van der Waals surface area contributed by atoms with E-state index >= 15 is 0 Å². The van der Waals surface area contributed by atoms with Gasteiger partial charge in [-0.15, -0.1) is 0 Å². The number of piperazine rings is 1. The Labute approximate surface area is 127 Å². The Morgan fingerprint density at radius 1 is 1.10 bits per heavy atom. The van der Waals surface area contributed by atoms with Crippen LogP contribution >= 0.6 is 0 Å². The van der Waals surface area contributed by atoms with Gasteiger partial charge in [0.15, 0.2) is 0 Å². The van der Waals surface area contributed by atoms with E-state index in [2.05, 4.69) is 0 Å². The summed E-state index contributed by atoms with van der Waals surface area (Å²) in [5, 5.41) is 9.19. The van der Waals surface area contributed by atoms with Crippen molar-refractivity contribution in [3.63, 3.8) is 0 Å². The number of carbonyl (C=O) groups is 2. The maximum atomic E-state index is 12.3. The molecule has 1 amide bonds. The number of hydrogen-bond acceptors (Lipinski definition) is 3. The molecule has 1 heterocycles. The van der Waals surface area contributed by atoms with Gasteiger partial charge in [0.1, 0.15) is 6.04 Å². The quantitative estimate of drug-likeness (QED) is 0.842. The minimum atomic E-state index is -0.750. The van der Waals surface area contributed by atoms with E-state index in [1.807, 2.05) is 16.7 Å². The molecule has 1 atom stereocenters. The largest absolute Gasteiger partial charge is 0.480 e. The zero-order valence-electron chi connectivity index (χ0n) is 13.1. The van der Waals surface area contributed by atoms with E-state index in [1.165, 1.54) is 32.1 Å². The van der Waals surface area contributed by atoms with Gasteiger partial charge in [-0.1, -0.05) is 26.2 Å². The van der Waals surface area contributed by atoms with E-state index in [9.17, 15) is 14.7 Å². The van der Waals surface area contributed by atoms with E-state index in [4.69, 9.17) is 0 Å². The average molecular weight is 296 g/mol. The first kappa shape index (κ1) is 16.3. The molecule has 5 nitrogen and oxygen atoms in total. The molecule has 1 N–H and O–H groups in total. The number of carbonyl (C=O) groups excluding carboxylic acids is 1. The summed E-state index contributed by atoms with van der Waals surface area (Å²) < 4.78 is 0. The molecule has 1 saturated carbocycles. The molecule has 0 unspecified atom stereocenters. The van der Waals surface area contributed by atoms with Crippen LogP contribution in [0.3, 0.4) is 0 Å². The van der Waals surface area contributed by atoms with Crippen LogP contribution in [0.2, 0.25) is 0 Å². The molecule has 120 valence electrons. The van der Waals surface area contributed by atoms with Crippen LogP contribution in [-0.4, -0.2) is 59.0 Å². The third-order valence-electron chi connectivity index (χ3n) is 4.97. The molecular weight excluding hydrogens is 268 g/mol. The van der Waals surface area contributed by atoms with Gasteiger partial charge in [-0.25, -0.2) is 0 Å². The molecule has 0 bridgehead atoms. The third-order valence-corrected chi connectivity index (χ3v) is 4.97. The zero-order chi connectivity index (χ0) is 15.2. The van der Waals surface area contributed by atoms with Crippen LogP contribution < -0.4 is 0 Å². The fraction of sp³-hybridized carbons (Fsp3) is 0.875. The molecule has 2 rings (SSSR count). The minimum Gasteiger partial charge on any atom is -0.480 e. The SMILES string of the molecule is CC[C@H](C(=O)O)N1CCN(C(=O)CC2CCCCC2)CC1. The molecular formula is C16H28N2O3. The summed E-state index contributed by atoms with van der Waals surface area (Å²) in [5.74, 6) is 0.0936. The molecule has 0 aromatic rings. The minimum absolute atomic E-state index is 0.268. The molecule has 1 aliphatic carbocycles. The molecule has 5 heteroatoms. The highest BCUT2D eigenvalue weighted by Gasteiger charge is 2.29. The number of nitrogens with zero attached hydrogens (tertiary/aromatic N) is 2. The lowest BCUT2D eigenvalue weighted by Crippen LogP contribution is -2.54. The van der Waals surface area contributed by atoms with Crippen LogP contribution in [0, 0.1) is 5.92 Å². The van der Waals surface area contributed by atoms with Gasteiger partial charge in [-0.2, -0.15) is 0 Å². The van der Waals surface area contributed by atoms with Gasteiger partial charge < -0.3 is 10.0 Å². The normalized spacial score (nSPS) is 23.0.